The number of rotatable bonds is 9. The van der Waals surface area contributed by atoms with E-state index in [0.717, 1.165) is 5.56 Å². The molecule has 1 N–H and O–H groups in total. The number of carbonyl (C=O) groups is 1. The van der Waals surface area contributed by atoms with Crippen LogP contribution in [-0.4, -0.2) is 30.9 Å². The molecule has 6 nitrogen and oxygen atoms in total. The number of nitrogens with zero attached hydrogens (tertiary/aromatic N) is 2. The summed E-state index contributed by atoms with van der Waals surface area (Å²) in [5.74, 6) is 1.27. The zero-order valence-electron chi connectivity index (χ0n) is 20.6. The van der Waals surface area contributed by atoms with E-state index in [1.54, 1.807) is 38.5 Å². The fraction of sp³-hybridized carbons (Fsp3) is 0.138. The van der Waals surface area contributed by atoms with Crippen LogP contribution >= 0.6 is 35.0 Å². The van der Waals surface area contributed by atoms with Gasteiger partial charge in [0.15, 0.2) is 11.5 Å². The Morgan fingerprint density at radius 1 is 0.974 bits per heavy atom. The van der Waals surface area contributed by atoms with Gasteiger partial charge in [-0.1, -0.05) is 65.7 Å². The van der Waals surface area contributed by atoms with Crippen molar-refractivity contribution in [3.8, 4) is 40.0 Å². The molecule has 0 aliphatic heterocycles. The maximum absolute atomic E-state index is 12.6. The molecule has 0 bridgehead atoms. The number of ether oxygens (including phenoxy) is 2. The van der Waals surface area contributed by atoms with Gasteiger partial charge in [-0.3, -0.25) is 4.79 Å². The summed E-state index contributed by atoms with van der Waals surface area (Å²) >= 11 is 13.4. The zero-order chi connectivity index (χ0) is 27.1. The van der Waals surface area contributed by atoms with Gasteiger partial charge >= 0.3 is 0 Å². The second-order valence-electron chi connectivity index (χ2n) is 8.06. The number of methoxy groups -OCH3 is 2. The predicted molar refractivity (Wildman–Crippen MR) is 153 cm³/mol. The molecule has 0 saturated carbocycles. The molecule has 1 heterocycles. The van der Waals surface area contributed by atoms with Gasteiger partial charge in [0, 0.05) is 44.6 Å². The molecular formula is C29H23Cl2N3O3S. The van der Waals surface area contributed by atoms with Crippen LogP contribution in [0.25, 0.3) is 22.4 Å². The van der Waals surface area contributed by atoms with E-state index >= 15 is 0 Å². The lowest BCUT2D eigenvalue weighted by molar-refractivity contribution is -0.115. The van der Waals surface area contributed by atoms with Crippen LogP contribution in [0.15, 0.2) is 77.8 Å². The Labute approximate surface area is 235 Å². The highest BCUT2D eigenvalue weighted by molar-refractivity contribution is 7.99. The summed E-state index contributed by atoms with van der Waals surface area (Å²) in [6, 6.07) is 24.3. The third-order valence-electron chi connectivity index (χ3n) is 5.57. The Morgan fingerprint density at radius 2 is 1.71 bits per heavy atom. The van der Waals surface area contributed by atoms with Crippen LogP contribution < -0.4 is 14.8 Å². The SMILES string of the molecule is COc1cccc(-c2cc(-c3ccccc3)nc(SCCC(=O)Nc3cc(Cl)cc(Cl)c3)c2C#N)c1OC. The summed E-state index contributed by atoms with van der Waals surface area (Å²) in [7, 11) is 3.13. The van der Waals surface area contributed by atoms with Gasteiger partial charge in [-0.2, -0.15) is 5.26 Å². The number of nitriles is 1. The Hall–Kier alpha value is -3.70. The normalized spacial score (nSPS) is 10.5. The van der Waals surface area contributed by atoms with Crippen molar-refractivity contribution >= 4 is 46.6 Å². The van der Waals surface area contributed by atoms with Gasteiger partial charge in [-0.05, 0) is 30.3 Å². The highest BCUT2D eigenvalue weighted by atomic mass is 35.5. The van der Waals surface area contributed by atoms with E-state index in [-0.39, 0.29) is 12.3 Å². The van der Waals surface area contributed by atoms with Gasteiger partial charge in [-0.15, -0.1) is 11.8 Å². The molecule has 0 saturated heterocycles. The number of nitrogens with one attached hydrogen (secondary N) is 1. The summed E-state index contributed by atoms with van der Waals surface area (Å²) in [5.41, 5.74) is 3.88. The standard InChI is InChI=1S/C29H23Cl2N3O3S/c1-36-26-10-6-9-22(28(26)37-2)23-16-25(18-7-4-3-5-8-18)34-29(24(23)17-32)38-12-11-27(35)33-21-14-19(30)13-20(31)15-21/h3-10,13-16H,11-12H2,1-2H3,(H,33,35). The monoisotopic (exact) mass is 563 g/mol. The number of halogens is 2. The molecular weight excluding hydrogens is 541 g/mol. The first kappa shape index (κ1) is 27.3. The van der Waals surface area contributed by atoms with E-state index in [2.05, 4.69) is 11.4 Å². The van der Waals surface area contributed by atoms with Gasteiger partial charge in [0.2, 0.25) is 5.91 Å². The second-order valence-corrected chi connectivity index (χ2v) is 10.0. The van der Waals surface area contributed by atoms with Crippen molar-refractivity contribution in [3.63, 3.8) is 0 Å². The third-order valence-corrected chi connectivity index (χ3v) is 6.99. The summed E-state index contributed by atoms with van der Waals surface area (Å²) in [5, 5.41) is 14.4. The molecule has 0 aliphatic carbocycles. The van der Waals surface area contributed by atoms with E-state index in [4.69, 9.17) is 37.7 Å². The average molecular weight is 564 g/mol. The lowest BCUT2D eigenvalue weighted by Gasteiger charge is -2.16. The van der Waals surface area contributed by atoms with Crippen LogP contribution in [0.4, 0.5) is 5.69 Å². The van der Waals surface area contributed by atoms with Crippen LogP contribution in [0.3, 0.4) is 0 Å². The fourth-order valence-electron chi connectivity index (χ4n) is 3.89. The first-order chi connectivity index (χ1) is 18.4. The maximum atomic E-state index is 12.6. The van der Waals surface area contributed by atoms with E-state index < -0.39 is 0 Å². The molecule has 0 aliphatic rings. The fourth-order valence-corrected chi connectivity index (χ4v) is 5.36. The Kier molecular flexibility index (Phi) is 9.14. The minimum absolute atomic E-state index is 0.189. The van der Waals surface area contributed by atoms with Crippen LogP contribution in [-0.2, 0) is 4.79 Å². The number of pyridine rings is 1. The van der Waals surface area contributed by atoms with E-state index in [1.165, 1.54) is 11.8 Å². The van der Waals surface area contributed by atoms with Crippen LogP contribution in [0.5, 0.6) is 11.5 Å². The van der Waals surface area contributed by atoms with Gasteiger partial charge in [-0.25, -0.2) is 4.98 Å². The number of hydrogen-bond donors (Lipinski definition) is 1. The van der Waals surface area contributed by atoms with Gasteiger partial charge in [0.25, 0.3) is 0 Å². The molecule has 192 valence electrons. The number of benzene rings is 3. The highest BCUT2D eigenvalue weighted by Crippen LogP contribution is 2.42. The number of carbonyl (C=O) groups excluding carboxylic acids is 1. The van der Waals surface area contributed by atoms with Crippen molar-refractivity contribution < 1.29 is 14.3 Å². The average Bonchev–Trinajstić information content (AvgIpc) is 2.92. The molecule has 38 heavy (non-hydrogen) atoms. The lowest BCUT2D eigenvalue weighted by Crippen LogP contribution is -2.12. The van der Waals surface area contributed by atoms with E-state index in [0.29, 0.717) is 60.4 Å². The number of thioether (sulfide) groups is 1. The lowest BCUT2D eigenvalue weighted by atomic mass is 9.98. The number of para-hydroxylation sites is 1. The summed E-state index contributed by atoms with van der Waals surface area (Å²) in [6.45, 7) is 0. The Balaban J connectivity index is 1.67. The van der Waals surface area contributed by atoms with Crippen molar-refractivity contribution in [1.82, 2.24) is 4.98 Å². The first-order valence-electron chi connectivity index (χ1n) is 11.5. The molecule has 1 amide bonds. The van der Waals surface area contributed by atoms with E-state index in [9.17, 15) is 10.1 Å². The Morgan fingerprint density at radius 3 is 2.37 bits per heavy atom. The molecule has 0 unspecified atom stereocenters. The summed E-state index contributed by atoms with van der Waals surface area (Å²) in [4.78, 5) is 17.4. The van der Waals surface area contributed by atoms with Crippen molar-refractivity contribution in [1.29, 1.82) is 5.26 Å². The minimum Gasteiger partial charge on any atom is -0.493 e. The maximum Gasteiger partial charge on any atom is 0.225 e. The molecule has 3 aromatic carbocycles. The molecule has 0 spiro atoms. The molecule has 0 fully saturated rings. The molecule has 0 radical (unpaired) electrons. The number of anilines is 1. The predicted octanol–water partition coefficient (Wildman–Crippen LogP) is 7.73. The molecule has 0 atom stereocenters. The quantitative estimate of drug-likeness (QED) is 0.210. The highest BCUT2D eigenvalue weighted by Gasteiger charge is 2.20. The van der Waals surface area contributed by atoms with Crippen molar-refractivity contribution in [3.05, 3.63) is 88.4 Å². The van der Waals surface area contributed by atoms with Crippen LogP contribution in [0.1, 0.15) is 12.0 Å². The van der Waals surface area contributed by atoms with Gasteiger partial charge in [0.05, 0.1) is 25.5 Å². The Bertz CT molecular complexity index is 1490. The summed E-state index contributed by atoms with van der Waals surface area (Å²) < 4.78 is 11.1. The smallest absolute Gasteiger partial charge is 0.225 e. The first-order valence-corrected chi connectivity index (χ1v) is 13.3. The number of aromatic nitrogens is 1. The molecule has 9 heteroatoms. The topological polar surface area (TPSA) is 84.2 Å². The van der Waals surface area contributed by atoms with Crippen molar-refractivity contribution in [2.75, 3.05) is 25.3 Å². The molecule has 4 rings (SSSR count). The van der Waals surface area contributed by atoms with Gasteiger partial charge < -0.3 is 14.8 Å². The third kappa shape index (κ3) is 6.40. The summed E-state index contributed by atoms with van der Waals surface area (Å²) in [6.07, 6.45) is 0.189. The van der Waals surface area contributed by atoms with Gasteiger partial charge in [0.1, 0.15) is 11.1 Å². The van der Waals surface area contributed by atoms with E-state index in [1.807, 2.05) is 48.5 Å². The number of hydrogen-bond acceptors (Lipinski definition) is 6. The number of amides is 1. The van der Waals surface area contributed by atoms with Crippen LogP contribution in [0, 0.1) is 11.3 Å². The van der Waals surface area contributed by atoms with Crippen molar-refractivity contribution in [2.45, 2.75) is 11.4 Å². The second kappa shape index (κ2) is 12.7. The van der Waals surface area contributed by atoms with Crippen molar-refractivity contribution in [2.24, 2.45) is 0 Å². The minimum atomic E-state index is -0.205. The largest absolute Gasteiger partial charge is 0.493 e. The molecule has 4 aromatic rings. The zero-order valence-corrected chi connectivity index (χ0v) is 23.0. The van der Waals surface area contributed by atoms with Crippen LogP contribution in [0.2, 0.25) is 10.0 Å². The molecule has 1 aromatic heterocycles.